The van der Waals surface area contributed by atoms with Crippen LogP contribution in [-0.4, -0.2) is 55.5 Å². The Hall–Kier alpha value is -1.92. The molecule has 1 saturated heterocycles. The Balaban J connectivity index is 1.44. The third kappa shape index (κ3) is 4.62. The van der Waals surface area contributed by atoms with Gasteiger partial charge in [-0.15, -0.1) is 11.3 Å². The van der Waals surface area contributed by atoms with Crippen LogP contribution in [0.5, 0.6) is 0 Å². The molecule has 1 amide bonds. The summed E-state index contributed by atoms with van der Waals surface area (Å²) < 4.78 is 13.0. The fourth-order valence-electron chi connectivity index (χ4n) is 3.24. The summed E-state index contributed by atoms with van der Waals surface area (Å²) >= 11 is 1.75. The van der Waals surface area contributed by atoms with E-state index >= 15 is 0 Å². The van der Waals surface area contributed by atoms with E-state index < -0.39 is 0 Å². The topological polar surface area (TPSA) is 26.8 Å². The van der Waals surface area contributed by atoms with Crippen molar-refractivity contribution in [2.24, 2.45) is 0 Å². The van der Waals surface area contributed by atoms with Crippen molar-refractivity contribution < 1.29 is 9.18 Å². The van der Waals surface area contributed by atoms with Crippen LogP contribution in [0.1, 0.15) is 24.3 Å². The van der Waals surface area contributed by atoms with Crippen LogP contribution in [-0.2, 0) is 4.79 Å². The highest BCUT2D eigenvalue weighted by Gasteiger charge is 2.22. The quantitative estimate of drug-likeness (QED) is 0.772. The molecule has 1 aliphatic rings. The summed E-state index contributed by atoms with van der Waals surface area (Å²) in [6, 6.07) is 11.1. The first-order valence-electron chi connectivity index (χ1n) is 9.06. The maximum absolute atomic E-state index is 13.0. The molecule has 0 saturated carbocycles. The molecular formula is C20H26FN3OS. The fraction of sp³-hybridized carbons (Fsp3) is 0.450. The van der Waals surface area contributed by atoms with Gasteiger partial charge in [0, 0.05) is 55.8 Å². The van der Waals surface area contributed by atoms with Gasteiger partial charge in [-0.1, -0.05) is 6.07 Å². The Kier molecular flexibility index (Phi) is 6.27. The number of nitrogens with zero attached hydrogens (tertiary/aromatic N) is 3. The Morgan fingerprint density at radius 3 is 2.50 bits per heavy atom. The number of benzene rings is 1. The first-order valence-corrected chi connectivity index (χ1v) is 9.94. The second-order valence-electron chi connectivity index (χ2n) is 6.77. The van der Waals surface area contributed by atoms with Crippen LogP contribution in [0.15, 0.2) is 41.8 Å². The summed E-state index contributed by atoms with van der Waals surface area (Å²) in [6.07, 6.45) is 0.544. The van der Waals surface area contributed by atoms with Gasteiger partial charge < -0.3 is 9.80 Å². The molecule has 0 radical (unpaired) electrons. The lowest BCUT2D eigenvalue weighted by molar-refractivity contribution is -0.131. The Labute approximate surface area is 158 Å². The van der Waals surface area contributed by atoms with Crippen LogP contribution in [0.3, 0.4) is 0 Å². The van der Waals surface area contributed by atoms with Gasteiger partial charge in [-0.2, -0.15) is 0 Å². The molecule has 3 rings (SSSR count). The number of anilines is 1. The highest BCUT2D eigenvalue weighted by atomic mass is 32.1. The summed E-state index contributed by atoms with van der Waals surface area (Å²) in [6.45, 7) is 5.96. The SMILES string of the molecule is CC(c1cccs1)N(C)CCC(=O)N1CCN(c2ccc(F)cc2)CC1. The van der Waals surface area contributed by atoms with Gasteiger partial charge in [0.25, 0.3) is 0 Å². The number of piperazine rings is 1. The predicted octanol–water partition coefficient (Wildman–Crippen LogP) is 3.62. The molecule has 1 unspecified atom stereocenters. The highest BCUT2D eigenvalue weighted by Crippen LogP contribution is 2.23. The molecule has 6 heteroatoms. The highest BCUT2D eigenvalue weighted by molar-refractivity contribution is 7.10. The second-order valence-corrected chi connectivity index (χ2v) is 7.75. The third-order valence-electron chi connectivity index (χ3n) is 5.12. The second kappa shape index (κ2) is 8.64. The number of amides is 1. The smallest absolute Gasteiger partial charge is 0.223 e. The zero-order valence-corrected chi connectivity index (χ0v) is 16.2. The largest absolute Gasteiger partial charge is 0.368 e. The molecular weight excluding hydrogens is 349 g/mol. The van der Waals surface area contributed by atoms with Gasteiger partial charge in [0.15, 0.2) is 0 Å². The van der Waals surface area contributed by atoms with Crippen LogP contribution in [0.25, 0.3) is 0 Å². The molecule has 1 fully saturated rings. The Bertz CT molecular complexity index is 696. The number of carbonyl (C=O) groups excluding carboxylic acids is 1. The number of halogens is 1. The van der Waals surface area contributed by atoms with Crippen molar-refractivity contribution in [3.8, 4) is 0 Å². The van der Waals surface area contributed by atoms with Crippen molar-refractivity contribution in [2.75, 3.05) is 44.7 Å². The van der Waals surface area contributed by atoms with Crippen molar-refractivity contribution in [2.45, 2.75) is 19.4 Å². The lowest BCUT2D eigenvalue weighted by Gasteiger charge is -2.36. The Morgan fingerprint density at radius 2 is 1.88 bits per heavy atom. The van der Waals surface area contributed by atoms with Gasteiger partial charge in [0.2, 0.25) is 5.91 Å². The van der Waals surface area contributed by atoms with Crippen molar-refractivity contribution in [1.29, 1.82) is 0 Å². The molecule has 1 aliphatic heterocycles. The minimum Gasteiger partial charge on any atom is -0.368 e. The number of hydrogen-bond donors (Lipinski definition) is 0. The van der Waals surface area contributed by atoms with Gasteiger partial charge in [0.1, 0.15) is 5.82 Å². The van der Waals surface area contributed by atoms with Crippen LogP contribution < -0.4 is 4.90 Å². The molecule has 26 heavy (non-hydrogen) atoms. The fourth-order valence-corrected chi connectivity index (χ4v) is 4.08. The summed E-state index contributed by atoms with van der Waals surface area (Å²) in [5.74, 6) is -0.00236. The average molecular weight is 376 g/mol. The maximum atomic E-state index is 13.0. The molecule has 0 aliphatic carbocycles. The molecule has 1 atom stereocenters. The van der Waals surface area contributed by atoms with E-state index in [1.54, 1.807) is 23.5 Å². The summed E-state index contributed by atoms with van der Waals surface area (Å²) in [5.41, 5.74) is 1.02. The van der Waals surface area contributed by atoms with Crippen LogP contribution >= 0.6 is 11.3 Å². The van der Waals surface area contributed by atoms with E-state index in [1.165, 1.54) is 17.0 Å². The van der Waals surface area contributed by atoms with E-state index in [1.807, 2.05) is 4.90 Å². The number of thiophene rings is 1. The molecule has 0 spiro atoms. The normalized spacial score (nSPS) is 16.2. The van der Waals surface area contributed by atoms with Crippen molar-refractivity contribution in [3.63, 3.8) is 0 Å². The van der Waals surface area contributed by atoms with Crippen molar-refractivity contribution in [3.05, 3.63) is 52.5 Å². The monoisotopic (exact) mass is 375 g/mol. The molecule has 2 heterocycles. The third-order valence-corrected chi connectivity index (χ3v) is 6.16. The molecule has 0 N–H and O–H groups in total. The van der Waals surface area contributed by atoms with Crippen molar-refractivity contribution in [1.82, 2.24) is 9.80 Å². The predicted molar refractivity (Wildman–Crippen MR) is 105 cm³/mol. The van der Waals surface area contributed by atoms with Gasteiger partial charge in [-0.05, 0) is 49.7 Å². The average Bonchev–Trinajstić information content (AvgIpc) is 3.20. The Morgan fingerprint density at radius 1 is 1.19 bits per heavy atom. The zero-order chi connectivity index (χ0) is 18.5. The van der Waals surface area contributed by atoms with Crippen LogP contribution in [0, 0.1) is 5.82 Å². The lowest BCUT2D eigenvalue weighted by Crippen LogP contribution is -2.49. The number of hydrogen-bond acceptors (Lipinski definition) is 4. The van der Waals surface area contributed by atoms with Crippen molar-refractivity contribution >= 4 is 22.9 Å². The minimum absolute atomic E-state index is 0.217. The van der Waals surface area contributed by atoms with E-state index in [-0.39, 0.29) is 11.7 Å². The van der Waals surface area contributed by atoms with Gasteiger partial charge in [-0.25, -0.2) is 4.39 Å². The van der Waals surface area contributed by atoms with E-state index in [0.717, 1.165) is 38.4 Å². The molecule has 1 aromatic heterocycles. The van der Waals surface area contributed by atoms with Crippen LogP contribution in [0.4, 0.5) is 10.1 Å². The molecule has 1 aromatic carbocycles. The molecule has 0 bridgehead atoms. The first-order chi connectivity index (χ1) is 12.5. The van der Waals surface area contributed by atoms with Crippen LogP contribution in [0.2, 0.25) is 0 Å². The standard InChI is InChI=1S/C20H26FN3OS/c1-16(19-4-3-15-26-19)22(2)10-9-20(25)24-13-11-23(12-14-24)18-7-5-17(21)6-8-18/h3-8,15-16H,9-14H2,1-2H3. The van der Waals surface area contributed by atoms with Gasteiger partial charge in [0.05, 0.1) is 0 Å². The zero-order valence-electron chi connectivity index (χ0n) is 15.4. The van der Waals surface area contributed by atoms with E-state index in [9.17, 15) is 9.18 Å². The van der Waals surface area contributed by atoms with E-state index in [2.05, 4.69) is 41.3 Å². The maximum Gasteiger partial charge on any atom is 0.223 e. The van der Waals surface area contributed by atoms with E-state index in [0.29, 0.717) is 12.5 Å². The summed E-state index contributed by atoms with van der Waals surface area (Å²) in [7, 11) is 2.07. The minimum atomic E-state index is -0.219. The molecule has 2 aromatic rings. The summed E-state index contributed by atoms with van der Waals surface area (Å²) in [4.78, 5) is 20.2. The first kappa shape index (κ1) is 18.9. The molecule has 4 nitrogen and oxygen atoms in total. The number of rotatable bonds is 6. The summed E-state index contributed by atoms with van der Waals surface area (Å²) in [5, 5.41) is 2.09. The van der Waals surface area contributed by atoms with Gasteiger partial charge >= 0.3 is 0 Å². The van der Waals surface area contributed by atoms with E-state index in [4.69, 9.17) is 0 Å². The lowest BCUT2D eigenvalue weighted by atomic mass is 10.2. The number of carbonyl (C=O) groups is 1. The molecule has 140 valence electrons. The van der Waals surface area contributed by atoms with Gasteiger partial charge in [-0.3, -0.25) is 9.69 Å².